The summed E-state index contributed by atoms with van der Waals surface area (Å²) in [5.74, 6) is 1.99. The molecule has 5 aromatic carbocycles. The van der Waals surface area contributed by atoms with Crippen LogP contribution >= 0.6 is 23.2 Å². The zero-order valence-electron chi connectivity index (χ0n) is 22.3. The van der Waals surface area contributed by atoms with Crippen LogP contribution in [0.1, 0.15) is 0 Å². The third-order valence-electron chi connectivity index (χ3n) is 7.07. The monoisotopic (exact) mass is 588 g/mol. The van der Waals surface area contributed by atoms with E-state index in [1.807, 2.05) is 103 Å². The fourth-order valence-electron chi connectivity index (χ4n) is 4.83. The molecule has 6 nitrogen and oxygen atoms in total. The van der Waals surface area contributed by atoms with Crippen LogP contribution in [-0.2, 0) is 0 Å². The van der Waals surface area contributed by atoms with Gasteiger partial charge in [0, 0.05) is 32.3 Å². The van der Waals surface area contributed by atoms with Crippen LogP contribution in [0.4, 0.5) is 0 Å². The van der Waals surface area contributed by atoms with E-state index in [-0.39, 0.29) is 0 Å². The average Bonchev–Trinajstić information content (AvgIpc) is 3.70. The van der Waals surface area contributed by atoms with Gasteiger partial charge < -0.3 is 9.15 Å². The van der Waals surface area contributed by atoms with Crippen molar-refractivity contribution in [2.45, 2.75) is 0 Å². The second kappa shape index (κ2) is 10.8. The lowest BCUT2D eigenvalue weighted by atomic mass is 10.1. The normalized spacial score (nSPS) is 11.2. The van der Waals surface area contributed by atoms with E-state index in [2.05, 4.69) is 22.4 Å². The lowest BCUT2D eigenvalue weighted by Gasteiger charge is -2.04. The van der Waals surface area contributed by atoms with Crippen molar-refractivity contribution in [3.63, 3.8) is 0 Å². The molecule has 0 bridgehead atoms. The van der Waals surface area contributed by atoms with Gasteiger partial charge in [-0.05, 0) is 89.6 Å². The predicted octanol–water partition coefficient (Wildman–Crippen LogP) is 9.39. The second-order valence-corrected chi connectivity index (χ2v) is 10.6. The predicted molar refractivity (Wildman–Crippen MR) is 167 cm³/mol. The Morgan fingerprint density at radius 2 is 1.29 bits per heavy atom. The Morgan fingerprint density at radius 3 is 2.00 bits per heavy atom. The van der Waals surface area contributed by atoms with E-state index in [0.717, 1.165) is 55.9 Å². The highest BCUT2D eigenvalue weighted by Gasteiger charge is 2.18. The highest BCUT2D eigenvalue weighted by Crippen LogP contribution is 2.37. The van der Waals surface area contributed by atoms with E-state index >= 15 is 0 Å². The van der Waals surface area contributed by atoms with Crippen LogP contribution < -0.4 is 4.74 Å². The molecular weight excluding hydrogens is 567 g/mol. The van der Waals surface area contributed by atoms with E-state index in [1.54, 1.807) is 11.8 Å². The summed E-state index contributed by atoms with van der Waals surface area (Å²) in [6, 6.07) is 35.1. The SMILES string of the molecule is COc1ccc2cc(-c3cn(-c4ccc(-c5nc(-c6ccc(Cl)cc6)c(-c6ccc(Cl)cc6)o5)cc4)nn3)ccc2c1. The van der Waals surface area contributed by atoms with Gasteiger partial charge in [0.15, 0.2) is 5.76 Å². The number of oxazole rings is 1. The van der Waals surface area contributed by atoms with Crippen molar-refractivity contribution in [2.75, 3.05) is 7.11 Å². The number of halogens is 2. The second-order valence-electron chi connectivity index (χ2n) is 9.73. The largest absolute Gasteiger partial charge is 0.497 e. The Hall–Kier alpha value is -4.91. The lowest BCUT2D eigenvalue weighted by molar-refractivity contribution is 0.415. The number of rotatable bonds is 6. The van der Waals surface area contributed by atoms with Gasteiger partial charge in [-0.2, -0.15) is 0 Å². The van der Waals surface area contributed by atoms with Crippen molar-refractivity contribution < 1.29 is 9.15 Å². The van der Waals surface area contributed by atoms with Crippen molar-refractivity contribution >= 4 is 34.0 Å². The minimum Gasteiger partial charge on any atom is -0.497 e. The van der Waals surface area contributed by atoms with Crippen LogP contribution in [0.2, 0.25) is 10.0 Å². The number of hydrogen-bond donors (Lipinski definition) is 0. The molecule has 0 amide bonds. The number of fused-ring (bicyclic) bond motifs is 1. The Labute approximate surface area is 251 Å². The molecule has 0 atom stereocenters. The maximum absolute atomic E-state index is 6.34. The van der Waals surface area contributed by atoms with Crippen LogP contribution in [0.15, 0.2) is 120 Å². The Morgan fingerprint density at radius 1 is 0.667 bits per heavy atom. The molecule has 0 spiro atoms. The summed E-state index contributed by atoms with van der Waals surface area (Å²) < 4.78 is 13.4. The van der Waals surface area contributed by atoms with Gasteiger partial charge in [-0.1, -0.05) is 58.7 Å². The highest BCUT2D eigenvalue weighted by atomic mass is 35.5. The summed E-state index contributed by atoms with van der Waals surface area (Å²) in [7, 11) is 1.67. The van der Waals surface area contributed by atoms with Gasteiger partial charge in [-0.15, -0.1) is 5.10 Å². The topological polar surface area (TPSA) is 66.0 Å². The van der Waals surface area contributed by atoms with E-state index in [1.165, 1.54) is 0 Å². The van der Waals surface area contributed by atoms with Crippen LogP contribution in [0, 0.1) is 0 Å². The third-order valence-corrected chi connectivity index (χ3v) is 7.57. The molecule has 0 unspecified atom stereocenters. The van der Waals surface area contributed by atoms with Gasteiger partial charge >= 0.3 is 0 Å². The molecule has 0 radical (unpaired) electrons. The van der Waals surface area contributed by atoms with E-state index in [4.69, 9.17) is 37.3 Å². The summed E-state index contributed by atoms with van der Waals surface area (Å²) >= 11 is 12.3. The first-order valence-corrected chi connectivity index (χ1v) is 13.9. The number of aromatic nitrogens is 4. The molecule has 0 saturated heterocycles. The third kappa shape index (κ3) is 5.02. The first-order valence-electron chi connectivity index (χ1n) is 13.2. The summed E-state index contributed by atoms with van der Waals surface area (Å²) in [4.78, 5) is 4.88. The van der Waals surface area contributed by atoms with Crippen LogP contribution in [0.3, 0.4) is 0 Å². The van der Waals surface area contributed by atoms with Gasteiger partial charge in [-0.25, -0.2) is 9.67 Å². The minimum atomic E-state index is 0.503. The van der Waals surface area contributed by atoms with Crippen molar-refractivity contribution in [1.82, 2.24) is 20.0 Å². The molecule has 0 aliphatic heterocycles. The van der Waals surface area contributed by atoms with Gasteiger partial charge in [0.1, 0.15) is 17.1 Å². The van der Waals surface area contributed by atoms with E-state index < -0.39 is 0 Å². The maximum Gasteiger partial charge on any atom is 0.227 e. The smallest absolute Gasteiger partial charge is 0.227 e. The number of benzene rings is 5. The summed E-state index contributed by atoms with van der Waals surface area (Å²) in [5, 5.41) is 12.3. The molecule has 2 heterocycles. The van der Waals surface area contributed by atoms with Gasteiger partial charge in [-0.3, -0.25) is 0 Å². The van der Waals surface area contributed by atoms with Gasteiger partial charge in [0.05, 0.1) is 19.0 Å². The van der Waals surface area contributed by atoms with Crippen molar-refractivity contribution in [2.24, 2.45) is 0 Å². The van der Waals surface area contributed by atoms with E-state index in [9.17, 15) is 0 Å². The molecule has 42 heavy (non-hydrogen) atoms. The number of methoxy groups -OCH3 is 1. The molecule has 8 heteroatoms. The fourth-order valence-corrected chi connectivity index (χ4v) is 5.09. The Bertz CT molecular complexity index is 1970. The molecule has 7 rings (SSSR count). The number of nitrogens with zero attached hydrogens (tertiary/aromatic N) is 4. The first kappa shape index (κ1) is 26.0. The molecule has 0 N–H and O–H groups in total. The Kier molecular flexibility index (Phi) is 6.70. The van der Waals surface area contributed by atoms with Crippen molar-refractivity contribution in [3.8, 4) is 56.7 Å². The Balaban J connectivity index is 1.19. The van der Waals surface area contributed by atoms with Gasteiger partial charge in [0.25, 0.3) is 0 Å². The summed E-state index contributed by atoms with van der Waals surface area (Å²) in [6.45, 7) is 0. The van der Waals surface area contributed by atoms with Crippen LogP contribution in [-0.4, -0.2) is 27.1 Å². The molecule has 204 valence electrons. The van der Waals surface area contributed by atoms with Crippen LogP contribution in [0.25, 0.3) is 61.8 Å². The molecular formula is C34H22Cl2N4O2. The number of ether oxygens (including phenoxy) is 1. The summed E-state index contributed by atoms with van der Waals surface area (Å²) in [5.41, 5.74) is 5.97. The van der Waals surface area contributed by atoms with Crippen molar-refractivity contribution in [3.05, 3.63) is 125 Å². The fraction of sp³-hybridized carbons (Fsp3) is 0.0294. The molecule has 0 saturated carbocycles. The zero-order valence-corrected chi connectivity index (χ0v) is 23.8. The molecule has 0 aliphatic carbocycles. The highest BCUT2D eigenvalue weighted by molar-refractivity contribution is 6.31. The average molecular weight is 589 g/mol. The first-order chi connectivity index (χ1) is 20.5. The molecule has 0 fully saturated rings. The molecule has 0 aliphatic rings. The number of hydrogen-bond acceptors (Lipinski definition) is 5. The van der Waals surface area contributed by atoms with Crippen LogP contribution in [0.5, 0.6) is 5.75 Å². The van der Waals surface area contributed by atoms with Crippen molar-refractivity contribution in [1.29, 1.82) is 0 Å². The zero-order chi connectivity index (χ0) is 28.6. The quantitative estimate of drug-likeness (QED) is 0.193. The van der Waals surface area contributed by atoms with E-state index in [0.29, 0.717) is 21.7 Å². The summed E-state index contributed by atoms with van der Waals surface area (Å²) in [6.07, 6.45) is 1.92. The maximum atomic E-state index is 6.34. The minimum absolute atomic E-state index is 0.503. The standard InChI is InChI=1S/C34H22Cl2N4O2/c1-41-30-17-10-24-18-26(3-2-25(24)19-30)31-20-40(39-38-31)29-15-8-23(9-16-29)34-37-32(21-4-11-27(35)12-5-21)33(42-34)22-6-13-28(36)14-7-22/h2-20H,1H3. The lowest BCUT2D eigenvalue weighted by Crippen LogP contribution is -1.94. The van der Waals surface area contributed by atoms with Gasteiger partial charge in [0.2, 0.25) is 5.89 Å². The molecule has 7 aromatic rings. The molecule has 2 aromatic heterocycles.